The molecule has 24 heavy (non-hydrogen) atoms. The van der Waals surface area contributed by atoms with Gasteiger partial charge in [-0.3, -0.25) is 19.5 Å². The third-order valence-corrected chi connectivity index (χ3v) is 3.16. The average molecular weight is 326 g/mol. The van der Waals surface area contributed by atoms with E-state index in [1.165, 1.54) is 47.2 Å². The number of anilines is 1. The van der Waals surface area contributed by atoms with Crippen molar-refractivity contribution in [2.45, 2.75) is 0 Å². The van der Waals surface area contributed by atoms with Gasteiger partial charge in [0.25, 0.3) is 11.5 Å². The standard InChI is InChI=1S/C16H11FN4O3/c17-10-3-5-11(6-4-10)21-7-1-2-13(15(21)24)14(23)20-16-18-8-12(22)9-19-16/h1-9,22H,(H,18,19,20,23). The van der Waals surface area contributed by atoms with Crippen LogP contribution in [0.3, 0.4) is 0 Å². The van der Waals surface area contributed by atoms with Crippen LogP contribution >= 0.6 is 0 Å². The number of hydrogen-bond donors (Lipinski definition) is 2. The van der Waals surface area contributed by atoms with Gasteiger partial charge < -0.3 is 5.11 Å². The largest absolute Gasteiger partial charge is 0.505 e. The molecule has 0 aliphatic carbocycles. The Labute approximate surface area is 135 Å². The Morgan fingerprint density at radius 1 is 1.12 bits per heavy atom. The van der Waals surface area contributed by atoms with Crippen molar-refractivity contribution in [2.24, 2.45) is 0 Å². The molecule has 2 aromatic heterocycles. The van der Waals surface area contributed by atoms with Crippen LogP contribution in [0.5, 0.6) is 5.75 Å². The maximum absolute atomic E-state index is 13.0. The fraction of sp³-hybridized carbons (Fsp3) is 0. The molecule has 0 radical (unpaired) electrons. The molecule has 3 rings (SSSR count). The van der Waals surface area contributed by atoms with E-state index >= 15 is 0 Å². The zero-order valence-corrected chi connectivity index (χ0v) is 12.2. The Kier molecular flexibility index (Phi) is 4.02. The summed E-state index contributed by atoms with van der Waals surface area (Å²) >= 11 is 0. The molecule has 0 aliphatic rings. The van der Waals surface area contributed by atoms with Gasteiger partial charge in [0.2, 0.25) is 5.95 Å². The van der Waals surface area contributed by atoms with Crippen LogP contribution in [0.25, 0.3) is 5.69 Å². The van der Waals surface area contributed by atoms with E-state index in [9.17, 15) is 14.0 Å². The van der Waals surface area contributed by atoms with E-state index in [4.69, 9.17) is 5.11 Å². The molecule has 2 N–H and O–H groups in total. The monoisotopic (exact) mass is 326 g/mol. The highest BCUT2D eigenvalue weighted by molar-refractivity contribution is 6.03. The van der Waals surface area contributed by atoms with E-state index in [1.54, 1.807) is 0 Å². The van der Waals surface area contributed by atoms with Crippen molar-refractivity contribution in [2.75, 3.05) is 5.32 Å². The maximum atomic E-state index is 13.0. The molecule has 0 spiro atoms. The highest BCUT2D eigenvalue weighted by atomic mass is 19.1. The highest BCUT2D eigenvalue weighted by Crippen LogP contribution is 2.09. The number of aromatic nitrogens is 3. The van der Waals surface area contributed by atoms with E-state index < -0.39 is 17.3 Å². The zero-order chi connectivity index (χ0) is 17.1. The highest BCUT2D eigenvalue weighted by Gasteiger charge is 2.14. The predicted octanol–water partition coefficient (Wildman–Crippen LogP) is 1.72. The molecule has 0 atom stereocenters. The van der Waals surface area contributed by atoms with E-state index in [1.807, 2.05) is 0 Å². The van der Waals surface area contributed by atoms with Crippen LogP contribution in [-0.4, -0.2) is 25.5 Å². The summed E-state index contributed by atoms with van der Waals surface area (Å²) in [6.45, 7) is 0. The number of hydrogen-bond acceptors (Lipinski definition) is 5. The van der Waals surface area contributed by atoms with Gasteiger partial charge in [-0.1, -0.05) is 0 Å². The van der Waals surface area contributed by atoms with Gasteiger partial charge >= 0.3 is 0 Å². The van der Waals surface area contributed by atoms with Gasteiger partial charge in [-0.2, -0.15) is 0 Å². The number of amides is 1. The molecular formula is C16H11FN4O3. The van der Waals surface area contributed by atoms with Crippen molar-refractivity contribution in [3.63, 3.8) is 0 Å². The zero-order valence-electron chi connectivity index (χ0n) is 12.2. The molecule has 0 bridgehead atoms. The number of rotatable bonds is 3. The molecule has 120 valence electrons. The van der Waals surface area contributed by atoms with Crippen LogP contribution in [0.4, 0.5) is 10.3 Å². The quantitative estimate of drug-likeness (QED) is 0.764. The van der Waals surface area contributed by atoms with Crippen molar-refractivity contribution in [1.29, 1.82) is 0 Å². The molecule has 3 aromatic rings. The SMILES string of the molecule is O=C(Nc1ncc(O)cn1)c1cccn(-c2ccc(F)cc2)c1=O. The molecule has 2 heterocycles. The van der Waals surface area contributed by atoms with E-state index in [-0.39, 0.29) is 17.3 Å². The van der Waals surface area contributed by atoms with Crippen molar-refractivity contribution in [1.82, 2.24) is 14.5 Å². The Bertz CT molecular complexity index is 937. The number of aromatic hydroxyl groups is 1. The minimum Gasteiger partial charge on any atom is -0.505 e. The Morgan fingerprint density at radius 2 is 1.79 bits per heavy atom. The normalized spacial score (nSPS) is 10.4. The third-order valence-electron chi connectivity index (χ3n) is 3.16. The van der Waals surface area contributed by atoms with Crippen molar-refractivity contribution in [3.8, 4) is 11.4 Å². The van der Waals surface area contributed by atoms with Crippen molar-refractivity contribution < 1.29 is 14.3 Å². The lowest BCUT2D eigenvalue weighted by atomic mass is 10.2. The Balaban J connectivity index is 1.92. The number of nitrogens with zero attached hydrogens (tertiary/aromatic N) is 3. The minimum absolute atomic E-state index is 0.0469. The Morgan fingerprint density at radius 3 is 2.46 bits per heavy atom. The second kappa shape index (κ2) is 6.29. The minimum atomic E-state index is -0.692. The molecule has 7 nitrogen and oxygen atoms in total. The van der Waals surface area contributed by atoms with Crippen molar-refractivity contribution in [3.05, 3.63) is 76.7 Å². The lowest BCUT2D eigenvalue weighted by Crippen LogP contribution is -2.28. The predicted molar refractivity (Wildman–Crippen MR) is 83.6 cm³/mol. The smallest absolute Gasteiger partial charge is 0.267 e. The summed E-state index contributed by atoms with van der Waals surface area (Å²) < 4.78 is 14.2. The van der Waals surface area contributed by atoms with Crippen LogP contribution in [0.1, 0.15) is 10.4 Å². The summed E-state index contributed by atoms with van der Waals surface area (Å²) in [7, 11) is 0. The van der Waals surface area contributed by atoms with E-state index in [2.05, 4.69) is 15.3 Å². The second-order valence-electron chi connectivity index (χ2n) is 4.79. The number of halogens is 1. The lowest BCUT2D eigenvalue weighted by Gasteiger charge is -2.08. The third kappa shape index (κ3) is 3.12. The first-order valence-electron chi connectivity index (χ1n) is 6.84. The summed E-state index contributed by atoms with van der Waals surface area (Å²) in [5.74, 6) is -1.31. The Hall–Kier alpha value is -3.55. The van der Waals surface area contributed by atoms with Gasteiger partial charge in [-0.25, -0.2) is 14.4 Å². The van der Waals surface area contributed by atoms with Gasteiger partial charge in [-0.05, 0) is 36.4 Å². The maximum Gasteiger partial charge on any atom is 0.267 e. The number of benzene rings is 1. The number of pyridine rings is 1. The van der Waals surface area contributed by atoms with Gasteiger partial charge in [0, 0.05) is 11.9 Å². The molecule has 1 amide bonds. The average Bonchev–Trinajstić information content (AvgIpc) is 2.58. The molecule has 0 saturated heterocycles. The number of carbonyl (C=O) groups excluding carboxylic acids is 1. The summed E-state index contributed by atoms with van der Waals surface area (Å²) in [4.78, 5) is 32.1. The molecule has 0 unspecified atom stereocenters. The molecule has 1 aromatic carbocycles. The number of nitrogens with one attached hydrogen (secondary N) is 1. The number of carbonyl (C=O) groups is 1. The molecule has 0 fully saturated rings. The first-order chi connectivity index (χ1) is 11.5. The molecular weight excluding hydrogens is 315 g/mol. The van der Waals surface area contributed by atoms with Crippen molar-refractivity contribution >= 4 is 11.9 Å². The van der Waals surface area contributed by atoms with Gasteiger partial charge in [0.15, 0.2) is 5.75 Å². The fourth-order valence-electron chi connectivity index (χ4n) is 2.03. The molecule has 0 saturated carbocycles. The van der Waals surface area contributed by atoms with Gasteiger partial charge in [0.1, 0.15) is 11.4 Å². The molecule has 8 heteroatoms. The lowest BCUT2D eigenvalue weighted by molar-refractivity contribution is 0.102. The van der Waals surface area contributed by atoms with E-state index in [0.717, 1.165) is 12.4 Å². The fourth-order valence-corrected chi connectivity index (χ4v) is 2.03. The first-order valence-corrected chi connectivity index (χ1v) is 6.84. The molecule has 0 aliphatic heterocycles. The van der Waals surface area contributed by atoms with Crippen LogP contribution in [0.15, 0.2) is 59.8 Å². The van der Waals surface area contributed by atoms with Gasteiger partial charge in [-0.15, -0.1) is 0 Å². The van der Waals surface area contributed by atoms with Crippen LogP contribution in [0, 0.1) is 5.82 Å². The summed E-state index contributed by atoms with van der Waals surface area (Å²) in [5, 5.41) is 11.5. The topological polar surface area (TPSA) is 97.1 Å². The van der Waals surface area contributed by atoms with Gasteiger partial charge in [0.05, 0.1) is 12.4 Å². The first kappa shape index (κ1) is 15.3. The van der Waals surface area contributed by atoms with E-state index in [0.29, 0.717) is 5.69 Å². The summed E-state index contributed by atoms with van der Waals surface area (Å²) in [6.07, 6.45) is 3.71. The summed E-state index contributed by atoms with van der Waals surface area (Å²) in [6, 6.07) is 8.19. The summed E-state index contributed by atoms with van der Waals surface area (Å²) in [5.41, 5.74) is -0.268. The van der Waals surface area contributed by atoms with Crippen LogP contribution < -0.4 is 10.9 Å². The van der Waals surface area contributed by atoms with Crippen LogP contribution in [-0.2, 0) is 0 Å². The second-order valence-corrected chi connectivity index (χ2v) is 4.79. The van der Waals surface area contributed by atoms with Crippen LogP contribution in [0.2, 0.25) is 0 Å².